The van der Waals surface area contributed by atoms with Gasteiger partial charge in [-0.3, -0.25) is 4.79 Å². The predicted octanol–water partition coefficient (Wildman–Crippen LogP) is 4.76. The molecule has 0 heterocycles. The molecule has 0 amide bonds. The van der Waals surface area contributed by atoms with Crippen molar-refractivity contribution in [1.29, 1.82) is 0 Å². The number of methoxy groups -OCH3 is 1. The van der Waals surface area contributed by atoms with Gasteiger partial charge < -0.3 is 9.47 Å². The van der Waals surface area contributed by atoms with Gasteiger partial charge in [0.1, 0.15) is 11.5 Å². The molecular weight excluding hydrogens is 356 g/mol. The van der Waals surface area contributed by atoms with Crippen molar-refractivity contribution in [2.24, 2.45) is 0 Å². The Labute approximate surface area is 143 Å². The Bertz CT molecular complexity index is 844. The molecule has 3 nitrogen and oxygen atoms in total. The zero-order valence-corrected chi connectivity index (χ0v) is 14.2. The molecule has 0 aromatic heterocycles. The lowest BCUT2D eigenvalue weighted by Crippen LogP contribution is -2.12. The number of hydrogen-bond acceptors (Lipinski definition) is 3. The highest BCUT2D eigenvalue weighted by Crippen LogP contribution is 2.30. The number of benzene rings is 3. The van der Waals surface area contributed by atoms with E-state index in [0.29, 0.717) is 11.5 Å². The molecule has 0 radical (unpaired) electrons. The quantitative estimate of drug-likeness (QED) is 0.490. The molecule has 3 aromatic carbocycles. The average Bonchev–Trinajstić information content (AvgIpc) is 2.55. The summed E-state index contributed by atoms with van der Waals surface area (Å²) in [5.41, 5.74) is 0.832. The van der Waals surface area contributed by atoms with Crippen LogP contribution in [-0.2, 0) is 11.2 Å². The van der Waals surface area contributed by atoms with Gasteiger partial charge in [0.05, 0.1) is 13.5 Å². The van der Waals surface area contributed by atoms with Crippen LogP contribution in [0.3, 0.4) is 0 Å². The van der Waals surface area contributed by atoms with E-state index in [1.165, 1.54) is 0 Å². The summed E-state index contributed by atoms with van der Waals surface area (Å²) in [5, 5.41) is 2.03. The van der Waals surface area contributed by atoms with E-state index in [9.17, 15) is 4.79 Å². The smallest absolute Gasteiger partial charge is 0.315 e. The molecule has 0 aliphatic carbocycles. The molecular formula is C19H15BrO3. The normalized spacial score (nSPS) is 10.5. The lowest BCUT2D eigenvalue weighted by molar-refractivity contribution is -0.133. The second kappa shape index (κ2) is 6.84. The highest BCUT2D eigenvalue weighted by atomic mass is 79.9. The molecule has 23 heavy (non-hydrogen) atoms. The first-order valence-corrected chi connectivity index (χ1v) is 7.97. The van der Waals surface area contributed by atoms with Gasteiger partial charge in [-0.1, -0.05) is 46.3 Å². The topological polar surface area (TPSA) is 35.5 Å². The minimum Gasteiger partial charge on any atom is -0.496 e. The van der Waals surface area contributed by atoms with Gasteiger partial charge >= 0.3 is 5.97 Å². The maximum Gasteiger partial charge on any atom is 0.315 e. The Kier molecular flexibility index (Phi) is 4.63. The number of fused-ring (bicyclic) bond motifs is 1. The van der Waals surface area contributed by atoms with Crippen LogP contribution in [0.2, 0.25) is 0 Å². The Morgan fingerprint density at radius 1 is 1.04 bits per heavy atom. The molecule has 0 saturated carbocycles. The van der Waals surface area contributed by atoms with Crippen LogP contribution in [0.15, 0.2) is 65.1 Å². The number of rotatable bonds is 4. The standard InChI is InChI=1S/C19H15BrO3/c1-22-18-10-7-13-11-14(20)8-9-16(13)17(18)12-19(21)23-15-5-3-2-4-6-15/h2-11H,12H2,1H3. The largest absolute Gasteiger partial charge is 0.496 e. The first-order valence-electron chi connectivity index (χ1n) is 7.18. The van der Waals surface area contributed by atoms with E-state index >= 15 is 0 Å². The number of carbonyl (C=O) groups is 1. The molecule has 3 rings (SSSR count). The fraction of sp³-hybridized carbons (Fsp3) is 0.105. The summed E-state index contributed by atoms with van der Waals surface area (Å²) in [7, 11) is 1.60. The molecule has 0 unspecified atom stereocenters. The fourth-order valence-electron chi connectivity index (χ4n) is 2.52. The number of halogens is 1. The van der Waals surface area contributed by atoms with Gasteiger partial charge in [-0.15, -0.1) is 0 Å². The zero-order valence-electron chi connectivity index (χ0n) is 12.6. The van der Waals surface area contributed by atoms with Crippen LogP contribution < -0.4 is 9.47 Å². The summed E-state index contributed by atoms with van der Waals surface area (Å²) in [6, 6.07) is 18.9. The van der Waals surface area contributed by atoms with Crippen LogP contribution in [0, 0.1) is 0 Å². The van der Waals surface area contributed by atoms with Crippen LogP contribution in [0.4, 0.5) is 0 Å². The maximum atomic E-state index is 12.3. The third kappa shape index (κ3) is 3.54. The first kappa shape index (κ1) is 15.6. The van der Waals surface area contributed by atoms with E-state index in [0.717, 1.165) is 20.8 Å². The number of ether oxygens (including phenoxy) is 2. The van der Waals surface area contributed by atoms with Gasteiger partial charge in [-0.05, 0) is 41.1 Å². The highest BCUT2D eigenvalue weighted by molar-refractivity contribution is 9.10. The van der Waals surface area contributed by atoms with E-state index < -0.39 is 0 Å². The lowest BCUT2D eigenvalue weighted by Gasteiger charge is -2.12. The Balaban J connectivity index is 1.93. The number of esters is 1. The molecule has 3 aromatic rings. The van der Waals surface area contributed by atoms with Crippen molar-refractivity contribution in [3.05, 3.63) is 70.7 Å². The van der Waals surface area contributed by atoms with E-state index in [1.807, 2.05) is 48.5 Å². The number of carbonyl (C=O) groups excluding carboxylic acids is 1. The predicted molar refractivity (Wildman–Crippen MR) is 94.0 cm³/mol. The molecule has 0 aliphatic heterocycles. The van der Waals surface area contributed by atoms with Crippen molar-refractivity contribution in [3.63, 3.8) is 0 Å². The highest BCUT2D eigenvalue weighted by Gasteiger charge is 2.14. The van der Waals surface area contributed by atoms with Crippen molar-refractivity contribution in [2.45, 2.75) is 6.42 Å². The fourth-order valence-corrected chi connectivity index (χ4v) is 2.90. The molecule has 0 atom stereocenters. The minimum atomic E-state index is -0.315. The minimum absolute atomic E-state index is 0.150. The van der Waals surface area contributed by atoms with Gasteiger partial charge in [0, 0.05) is 10.0 Å². The zero-order chi connectivity index (χ0) is 16.2. The van der Waals surface area contributed by atoms with E-state index in [2.05, 4.69) is 15.9 Å². The second-order valence-corrected chi connectivity index (χ2v) is 5.99. The van der Waals surface area contributed by atoms with E-state index in [4.69, 9.17) is 9.47 Å². The maximum absolute atomic E-state index is 12.3. The third-order valence-corrected chi connectivity index (χ3v) is 4.06. The molecule has 0 aliphatic rings. The van der Waals surface area contributed by atoms with Crippen LogP contribution in [0.1, 0.15) is 5.56 Å². The van der Waals surface area contributed by atoms with Crippen LogP contribution in [0.5, 0.6) is 11.5 Å². The summed E-state index contributed by atoms with van der Waals surface area (Å²) in [4.78, 5) is 12.3. The van der Waals surface area contributed by atoms with Crippen molar-refractivity contribution in [3.8, 4) is 11.5 Å². The molecule has 0 N–H and O–H groups in total. The summed E-state index contributed by atoms with van der Waals surface area (Å²) < 4.78 is 11.8. The van der Waals surface area contributed by atoms with Crippen molar-refractivity contribution < 1.29 is 14.3 Å². The lowest BCUT2D eigenvalue weighted by atomic mass is 10.0. The molecule has 0 bridgehead atoms. The summed E-state index contributed by atoms with van der Waals surface area (Å²) in [6.07, 6.45) is 0.150. The average molecular weight is 371 g/mol. The molecule has 0 saturated heterocycles. The van der Waals surface area contributed by atoms with Gasteiger partial charge in [-0.2, -0.15) is 0 Å². The molecule has 116 valence electrons. The number of para-hydroxylation sites is 1. The Morgan fingerprint density at radius 3 is 2.57 bits per heavy atom. The van der Waals surface area contributed by atoms with Gasteiger partial charge in [0.25, 0.3) is 0 Å². The number of hydrogen-bond donors (Lipinski definition) is 0. The van der Waals surface area contributed by atoms with Crippen molar-refractivity contribution >= 4 is 32.7 Å². The van der Waals surface area contributed by atoms with Crippen molar-refractivity contribution in [2.75, 3.05) is 7.11 Å². The summed E-state index contributed by atoms with van der Waals surface area (Å²) in [5.74, 6) is 0.911. The molecule has 4 heteroatoms. The van der Waals surface area contributed by atoms with Crippen LogP contribution in [-0.4, -0.2) is 13.1 Å². The first-order chi connectivity index (χ1) is 11.2. The van der Waals surface area contributed by atoms with Gasteiger partial charge in [0.15, 0.2) is 0 Å². The third-order valence-electron chi connectivity index (χ3n) is 3.57. The van der Waals surface area contributed by atoms with Gasteiger partial charge in [-0.25, -0.2) is 0 Å². The second-order valence-electron chi connectivity index (χ2n) is 5.08. The molecule has 0 spiro atoms. The van der Waals surface area contributed by atoms with E-state index in [-0.39, 0.29) is 12.4 Å². The SMILES string of the molecule is COc1ccc2cc(Br)ccc2c1CC(=O)Oc1ccccc1. The van der Waals surface area contributed by atoms with Gasteiger partial charge in [0.2, 0.25) is 0 Å². The Hall–Kier alpha value is -2.33. The van der Waals surface area contributed by atoms with E-state index in [1.54, 1.807) is 19.2 Å². The summed E-state index contributed by atoms with van der Waals surface area (Å²) in [6.45, 7) is 0. The van der Waals surface area contributed by atoms with Crippen LogP contribution >= 0.6 is 15.9 Å². The monoisotopic (exact) mass is 370 g/mol. The summed E-state index contributed by atoms with van der Waals surface area (Å²) >= 11 is 3.46. The van der Waals surface area contributed by atoms with Crippen LogP contribution in [0.25, 0.3) is 10.8 Å². The van der Waals surface area contributed by atoms with Crippen molar-refractivity contribution in [1.82, 2.24) is 0 Å². The Morgan fingerprint density at radius 2 is 1.83 bits per heavy atom. The molecule has 0 fully saturated rings.